The lowest BCUT2D eigenvalue weighted by Gasteiger charge is -2.33. The third-order valence-electron chi connectivity index (χ3n) is 3.99. The Morgan fingerprint density at radius 1 is 0.875 bits per heavy atom. The molecule has 4 N–H and O–H groups in total. The predicted octanol–water partition coefficient (Wildman–Crippen LogP) is 3.94. The number of carbonyl (C=O) groups excluding carboxylic acids is 1. The molecule has 5 nitrogen and oxygen atoms in total. The molecule has 1 amide bonds. The van der Waals surface area contributed by atoms with Crippen molar-refractivity contribution in [2.45, 2.75) is 0 Å². The molecular weight excluding hydrogens is 302 g/mol. The molecule has 0 saturated carbocycles. The molecule has 0 spiro atoms. The largest absolute Gasteiger partial charge is 0.453 e. The average molecular weight is 317 g/mol. The molecule has 0 fully saturated rings. The molecule has 1 heterocycles. The van der Waals surface area contributed by atoms with Gasteiger partial charge in [-0.2, -0.15) is 0 Å². The van der Waals surface area contributed by atoms with Crippen LogP contribution in [0.5, 0.6) is 11.5 Å². The van der Waals surface area contributed by atoms with Crippen molar-refractivity contribution < 1.29 is 9.53 Å². The molecule has 0 saturated heterocycles. The Morgan fingerprint density at radius 2 is 1.58 bits per heavy atom. The second kappa shape index (κ2) is 5.31. The van der Waals surface area contributed by atoms with Crippen molar-refractivity contribution in [3.8, 4) is 11.5 Å². The predicted molar refractivity (Wildman–Crippen MR) is 94.1 cm³/mol. The van der Waals surface area contributed by atoms with Crippen molar-refractivity contribution >= 4 is 28.7 Å². The summed E-state index contributed by atoms with van der Waals surface area (Å²) in [6.45, 7) is 0. The summed E-state index contributed by atoms with van der Waals surface area (Å²) in [5, 5.41) is 0. The normalized spacial score (nSPS) is 12.1. The van der Waals surface area contributed by atoms with Crippen LogP contribution in [0.3, 0.4) is 0 Å². The van der Waals surface area contributed by atoms with E-state index < -0.39 is 5.91 Å². The molecule has 5 heteroatoms. The lowest BCUT2D eigenvalue weighted by molar-refractivity contribution is 0.100. The van der Waals surface area contributed by atoms with E-state index in [1.165, 1.54) is 0 Å². The third kappa shape index (κ3) is 2.14. The van der Waals surface area contributed by atoms with Gasteiger partial charge in [-0.05, 0) is 48.5 Å². The van der Waals surface area contributed by atoms with Gasteiger partial charge in [0, 0.05) is 11.3 Å². The van der Waals surface area contributed by atoms with Crippen LogP contribution in [-0.2, 0) is 0 Å². The van der Waals surface area contributed by atoms with Crippen molar-refractivity contribution in [3.05, 3.63) is 72.3 Å². The highest BCUT2D eigenvalue weighted by molar-refractivity contribution is 5.95. The Labute approximate surface area is 139 Å². The summed E-state index contributed by atoms with van der Waals surface area (Å²) in [6, 6.07) is 20.4. The highest BCUT2D eigenvalue weighted by Crippen LogP contribution is 2.52. The minimum absolute atomic E-state index is 0.455. The number of hydrogen-bond donors (Lipinski definition) is 2. The van der Waals surface area contributed by atoms with Crippen LogP contribution in [0.1, 0.15) is 10.4 Å². The van der Waals surface area contributed by atoms with Crippen LogP contribution in [0.4, 0.5) is 22.7 Å². The first-order valence-corrected chi connectivity index (χ1v) is 7.50. The van der Waals surface area contributed by atoms with Crippen LogP contribution in [-0.4, -0.2) is 5.91 Å². The van der Waals surface area contributed by atoms with E-state index >= 15 is 0 Å². The molecule has 0 radical (unpaired) electrons. The molecule has 1 aliphatic rings. The molecule has 1 aliphatic heterocycles. The topological polar surface area (TPSA) is 81.6 Å². The number of para-hydroxylation sites is 3. The summed E-state index contributed by atoms with van der Waals surface area (Å²) >= 11 is 0. The van der Waals surface area contributed by atoms with Crippen LogP contribution in [0.2, 0.25) is 0 Å². The zero-order valence-corrected chi connectivity index (χ0v) is 12.8. The number of nitrogen functional groups attached to an aromatic ring is 1. The molecule has 24 heavy (non-hydrogen) atoms. The van der Waals surface area contributed by atoms with Crippen molar-refractivity contribution in [3.63, 3.8) is 0 Å². The van der Waals surface area contributed by atoms with E-state index in [-0.39, 0.29) is 0 Å². The molecule has 3 aromatic carbocycles. The minimum Gasteiger partial charge on any atom is -0.453 e. The average Bonchev–Trinajstić information content (AvgIpc) is 2.60. The molecular formula is C19H15N3O2. The SMILES string of the molecule is NC(=O)c1ccc(N2c3ccccc3Oc3cccc(N)c32)cc1. The van der Waals surface area contributed by atoms with Crippen LogP contribution in [0.25, 0.3) is 0 Å². The summed E-state index contributed by atoms with van der Waals surface area (Å²) in [7, 11) is 0. The zero-order chi connectivity index (χ0) is 16.7. The number of nitrogens with two attached hydrogens (primary N) is 2. The minimum atomic E-state index is -0.455. The summed E-state index contributed by atoms with van der Waals surface area (Å²) in [5.41, 5.74) is 15.1. The van der Waals surface area contributed by atoms with Gasteiger partial charge in [0.2, 0.25) is 5.91 Å². The number of nitrogens with zero attached hydrogens (tertiary/aromatic N) is 1. The second-order valence-corrected chi connectivity index (χ2v) is 5.51. The van der Waals surface area contributed by atoms with Crippen LogP contribution in [0, 0.1) is 0 Å². The monoisotopic (exact) mass is 317 g/mol. The number of hydrogen-bond acceptors (Lipinski definition) is 4. The Kier molecular flexibility index (Phi) is 3.13. The van der Waals surface area contributed by atoms with Crippen molar-refractivity contribution in [2.24, 2.45) is 5.73 Å². The molecule has 118 valence electrons. The summed E-state index contributed by atoms with van der Waals surface area (Å²) < 4.78 is 5.98. The molecule has 0 aromatic heterocycles. The fourth-order valence-corrected chi connectivity index (χ4v) is 2.87. The Balaban J connectivity index is 1.92. The standard InChI is InChI=1S/C19H15N3O2/c20-14-4-3-7-17-18(14)22(15-5-1-2-6-16(15)24-17)13-10-8-12(9-11-13)19(21)23/h1-11H,20H2,(H2,21,23). The first-order valence-electron chi connectivity index (χ1n) is 7.50. The number of fused-ring (bicyclic) bond motifs is 2. The Bertz CT molecular complexity index is 936. The highest BCUT2D eigenvalue weighted by Gasteiger charge is 2.27. The Hall–Kier alpha value is -3.47. The van der Waals surface area contributed by atoms with E-state index in [4.69, 9.17) is 16.2 Å². The number of rotatable bonds is 2. The molecule has 4 rings (SSSR count). The third-order valence-corrected chi connectivity index (χ3v) is 3.99. The van der Waals surface area contributed by atoms with Gasteiger partial charge in [0.05, 0.1) is 11.4 Å². The van der Waals surface area contributed by atoms with Gasteiger partial charge in [-0.1, -0.05) is 18.2 Å². The maximum atomic E-state index is 11.3. The van der Waals surface area contributed by atoms with Gasteiger partial charge in [-0.25, -0.2) is 0 Å². The van der Waals surface area contributed by atoms with Crippen molar-refractivity contribution in [1.82, 2.24) is 0 Å². The van der Waals surface area contributed by atoms with Crippen LogP contribution < -0.4 is 21.1 Å². The van der Waals surface area contributed by atoms with Gasteiger partial charge in [0.1, 0.15) is 5.69 Å². The van der Waals surface area contributed by atoms with Crippen LogP contribution in [0.15, 0.2) is 66.7 Å². The number of anilines is 4. The van der Waals surface area contributed by atoms with Crippen molar-refractivity contribution in [1.29, 1.82) is 0 Å². The smallest absolute Gasteiger partial charge is 0.248 e. The number of benzene rings is 3. The highest BCUT2D eigenvalue weighted by atomic mass is 16.5. The number of amides is 1. The molecule has 0 atom stereocenters. The summed E-state index contributed by atoms with van der Waals surface area (Å²) in [6.07, 6.45) is 0. The van der Waals surface area contributed by atoms with E-state index in [0.717, 1.165) is 22.8 Å². The van der Waals surface area contributed by atoms with Gasteiger partial charge in [-0.3, -0.25) is 4.79 Å². The van der Waals surface area contributed by atoms with E-state index in [1.807, 2.05) is 59.5 Å². The fourth-order valence-electron chi connectivity index (χ4n) is 2.87. The number of ether oxygens (including phenoxy) is 1. The lowest BCUT2D eigenvalue weighted by Crippen LogP contribution is -2.17. The number of carbonyl (C=O) groups is 1. The van der Waals surface area contributed by atoms with Gasteiger partial charge in [-0.15, -0.1) is 0 Å². The van der Waals surface area contributed by atoms with E-state index in [2.05, 4.69) is 0 Å². The first-order chi connectivity index (χ1) is 11.6. The molecule has 3 aromatic rings. The molecule has 0 aliphatic carbocycles. The van der Waals surface area contributed by atoms with Crippen molar-refractivity contribution in [2.75, 3.05) is 10.6 Å². The first kappa shape index (κ1) is 14.1. The van der Waals surface area contributed by atoms with E-state index in [0.29, 0.717) is 17.0 Å². The Morgan fingerprint density at radius 3 is 2.33 bits per heavy atom. The van der Waals surface area contributed by atoms with Gasteiger partial charge >= 0.3 is 0 Å². The molecule has 0 unspecified atom stereocenters. The summed E-state index contributed by atoms with van der Waals surface area (Å²) in [4.78, 5) is 13.3. The number of primary amides is 1. The van der Waals surface area contributed by atoms with Gasteiger partial charge in [0.25, 0.3) is 0 Å². The summed E-state index contributed by atoms with van der Waals surface area (Å²) in [5.74, 6) is 0.978. The lowest BCUT2D eigenvalue weighted by atomic mass is 10.1. The molecule has 0 bridgehead atoms. The van der Waals surface area contributed by atoms with E-state index in [1.54, 1.807) is 12.1 Å². The van der Waals surface area contributed by atoms with Crippen LogP contribution >= 0.6 is 0 Å². The van der Waals surface area contributed by atoms with Gasteiger partial charge < -0.3 is 21.1 Å². The van der Waals surface area contributed by atoms with E-state index in [9.17, 15) is 4.79 Å². The quantitative estimate of drug-likeness (QED) is 0.549. The fraction of sp³-hybridized carbons (Fsp3) is 0. The second-order valence-electron chi connectivity index (χ2n) is 5.51. The zero-order valence-electron chi connectivity index (χ0n) is 12.8. The maximum absolute atomic E-state index is 11.3. The maximum Gasteiger partial charge on any atom is 0.248 e. The van der Waals surface area contributed by atoms with Gasteiger partial charge in [0.15, 0.2) is 11.5 Å².